The molecule has 1 amide bonds. The maximum atomic E-state index is 11.9. The van der Waals surface area contributed by atoms with E-state index in [0.717, 1.165) is 13.0 Å². The van der Waals surface area contributed by atoms with Crippen LogP contribution >= 0.6 is 0 Å². The number of benzene rings is 1. The second-order valence-electron chi connectivity index (χ2n) is 4.36. The number of phenolic OH excluding ortho intramolecular Hbond substituents is 1. The predicted molar refractivity (Wildman–Crippen MR) is 72.0 cm³/mol. The van der Waals surface area contributed by atoms with Crippen molar-refractivity contribution in [1.29, 1.82) is 0 Å². The average Bonchev–Trinajstić information content (AvgIpc) is 2.91. The number of imidazole rings is 1. The molecule has 0 unspecified atom stereocenters. The summed E-state index contributed by atoms with van der Waals surface area (Å²) in [5.41, 5.74) is 1.12. The van der Waals surface area contributed by atoms with Crippen LogP contribution < -0.4 is 5.32 Å². The number of aromatic nitrogens is 2. The van der Waals surface area contributed by atoms with E-state index in [0.29, 0.717) is 17.7 Å². The number of phenols is 1. The van der Waals surface area contributed by atoms with E-state index in [1.807, 2.05) is 10.8 Å². The minimum absolute atomic E-state index is 0.145. The van der Waals surface area contributed by atoms with Gasteiger partial charge in [0.2, 0.25) is 0 Å². The fourth-order valence-corrected chi connectivity index (χ4v) is 1.85. The number of hydrogen-bond donors (Lipinski definition) is 2. The third kappa shape index (κ3) is 3.34. The van der Waals surface area contributed by atoms with E-state index in [9.17, 15) is 9.90 Å². The van der Waals surface area contributed by atoms with Crippen molar-refractivity contribution in [2.45, 2.75) is 19.9 Å². The van der Waals surface area contributed by atoms with Gasteiger partial charge in [-0.05, 0) is 25.5 Å². The van der Waals surface area contributed by atoms with Crippen molar-refractivity contribution in [3.05, 3.63) is 48.0 Å². The van der Waals surface area contributed by atoms with Crippen LogP contribution in [0.4, 0.5) is 0 Å². The second-order valence-corrected chi connectivity index (χ2v) is 4.36. The molecular weight excluding hydrogens is 242 g/mol. The summed E-state index contributed by atoms with van der Waals surface area (Å²) >= 11 is 0. The Hall–Kier alpha value is -2.30. The van der Waals surface area contributed by atoms with Crippen LogP contribution in [0.15, 0.2) is 36.9 Å². The Morgan fingerprint density at radius 2 is 2.32 bits per heavy atom. The first-order valence-corrected chi connectivity index (χ1v) is 6.21. The van der Waals surface area contributed by atoms with E-state index in [-0.39, 0.29) is 11.7 Å². The monoisotopic (exact) mass is 259 g/mol. The highest BCUT2D eigenvalue weighted by Gasteiger charge is 2.10. The van der Waals surface area contributed by atoms with Crippen molar-refractivity contribution < 1.29 is 9.90 Å². The van der Waals surface area contributed by atoms with Crippen LogP contribution in [0.1, 0.15) is 22.3 Å². The summed E-state index contributed by atoms with van der Waals surface area (Å²) in [6, 6.07) is 4.95. The van der Waals surface area contributed by atoms with Gasteiger partial charge in [-0.15, -0.1) is 0 Å². The normalized spacial score (nSPS) is 10.4. The molecule has 0 saturated carbocycles. The Morgan fingerprint density at radius 3 is 3.05 bits per heavy atom. The molecule has 0 radical (unpaired) electrons. The zero-order chi connectivity index (χ0) is 13.7. The highest BCUT2D eigenvalue weighted by molar-refractivity contribution is 5.96. The molecule has 0 aliphatic carbocycles. The standard InChI is InChI=1S/C14H17N3O2/c1-11-12(4-2-5-13(11)18)14(19)16-6-3-8-17-9-7-15-10-17/h2,4-5,7,9-10,18H,3,6,8H2,1H3,(H,16,19). The van der Waals surface area contributed by atoms with Crippen molar-refractivity contribution in [1.82, 2.24) is 14.9 Å². The largest absolute Gasteiger partial charge is 0.508 e. The lowest BCUT2D eigenvalue weighted by Crippen LogP contribution is -2.25. The van der Waals surface area contributed by atoms with E-state index >= 15 is 0 Å². The molecule has 19 heavy (non-hydrogen) atoms. The molecule has 1 heterocycles. The third-order valence-corrected chi connectivity index (χ3v) is 2.99. The molecule has 0 fully saturated rings. The summed E-state index contributed by atoms with van der Waals surface area (Å²) < 4.78 is 1.96. The number of carbonyl (C=O) groups excluding carboxylic acids is 1. The SMILES string of the molecule is Cc1c(O)cccc1C(=O)NCCCn1ccnc1. The van der Waals surface area contributed by atoms with E-state index < -0.39 is 0 Å². The zero-order valence-electron chi connectivity index (χ0n) is 10.8. The maximum Gasteiger partial charge on any atom is 0.251 e. The van der Waals surface area contributed by atoms with E-state index in [4.69, 9.17) is 0 Å². The Balaban J connectivity index is 1.83. The van der Waals surface area contributed by atoms with Crippen LogP contribution in [-0.4, -0.2) is 27.1 Å². The fraction of sp³-hybridized carbons (Fsp3) is 0.286. The van der Waals surface area contributed by atoms with Gasteiger partial charge in [0.1, 0.15) is 5.75 Å². The molecular formula is C14H17N3O2. The summed E-state index contributed by atoms with van der Waals surface area (Å²) in [4.78, 5) is 15.9. The van der Waals surface area contributed by atoms with Crippen LogP contribution in [0.25, 0.3) is 0 Å². The van der Waals surface area contributed by atoms with Gasteiger partial charge in [-0.1, -0.05) is 6.07 Å². The highest BCUT2D eigenvalue weighted by atomic mass is 16.3. The number of aryl methyl sites for hydroxylation is 1. The predicted octanol–water partition coefficient (Wildman–Crippen LogP) is 1.72. The molecule has 5 nitrogen and oxygen atoms in total. The molecule has 2 aromatic rings. The molecule has 1 aromatic heterocycles. The van der Waals surface area contributed by atoms with Crippen LogP contribution in [0.3, 0.4) is 0 Å². The van der Waals surface area contributed by atoms with Crippen molar-refractivity contribution in [3.8, 4) is 5.75 Å². The molecule has 5 heteroatoms. The Labute approximate surface area is 111 Å². The third-order valence-electron chi connectivity index (χ3n) is 2.99. The van der Waals surface area contributed by atoms with Gasteiger partial charge < -0.3 is 15.0 Å². The average molecular weight is 259 g/mol. The Morgan fingerprint density at radius 1 is 1.47 bits per heavy atom. The quantitative estimate of drug-likeness (QED) is 0.803. The van der Waals surface area contributed by atoms with Gasteiger partial charge in [0.15, 0.2) is 0 Å². The lowest BCUT2D eigenvalue weighted by molar-refractivity contribution is 0.0951. The topological polar surface area (TPSA) is 67.2 Å². The maximum absolute atomic E-state index is 11.9. The molecule has 0 atom stereocenters. The van der Waals surface area contributed by atoms with E-state index in [1.165, 1.54) is 0 Å². The van der Waals surface area contributed by atoms with Crippen LogP contribution in [0, 0.1) is 6.92 Å². The number of amides is 1. The molecule has 2 N–H and O–H groups in total. The van der Waals surface area contributed by atoms with Gasteiger partial charge in [0, 0.05) is 36.6 Å². The minimum Gasteiger partial charge on any atom is -0.508 e. The van der Waals surface area contributed by atoms with Crippen LogP contribution in [-0.2, 0) is 6.54 Å². The number of nitrogens with zero attached hydrogens (tertiary/aromatic N) is 2. The van der Waals surface area contributed by atoms with Gasteiger partial charge >= 0.3 is 0 Å². The number of aromatic hydroxyl groups is 1. The Bertz CT molecular complexity index is 550. The molecule has 0 bridgehead atoms. The number of rotatable bonds is 5. The van der Waals surface area contributed by atoms with E-state index in [2.05, 4.69) is 10.3 Å². The summed E-state index contributed by atoms with van der Waals surface area (Å²) in [6.07, 6.45) is 6.21. The van der Waals surface area contributed by atoms with Crippen LogP contribution in [0.2, 0.25) is 0 Å². The molecule has 1 aromatic carbocycles. The summed E-state index contributed by atoms with van der Waals surface area (Å²) in [5.74, 6) is -0.00917. The van der Waals surface area contributed by atoms with Crippen LogP contribution in [0.5, 0.6) is 5.75 Å². The molecule has 0 aliphatic heterocycles. The van der Waals surface area contributed by atoms with Gasteiger partial charge in [0.25, 0.3) is 5.91 Å². The minimum atomic E-state index is -0.154. The van der Waals surface area contributed by atoms with E-state index in [1.54, 1.807) is 37.6 Å². The van der Waals surface area contributed by atoms with Gasteiger partial charge in [-0.3, -0.25) is 4.79 Å². The second kappa shape index (κ2) is 6.04. The first kappa shape index (κ1) is 13.1. The Kier molecular flexibility index (Phi) is 4.18. The smallest absolute Gasteiger partial charge is 0.251 e. The molecule has 0 saturated heterocycles. The van der Waals surface area contributed by atoms with Crippen molar-refractivity contribution >= 4 is 5.91 Å². The van der Waals surface area contributed by atoms with Crippen molar-refractivity contribution in [2.75, 3.05) is 6.54 Å². The zero-order valence-corrected chi connectivity index (χ0v) is 10.8. The fourth-order valence-electron chi connectivity index (χ4n) is 1.85. The van der Waals surface area contributed by atoms with Crippen molar-refractivity contribution in [3.63, 3.8) is 0 Å². The number of nitrogens with one attached hydrogen (secondary N) is 1. The first-order valence-electron chi connectivity index (χ1n) is 6.21. The van der Waals surface area contributed by atoms with Gasteiger partial charge in [-0.25, -0.2) is 4.98 Å². The van der Waals surface area contributed by atoms with Crippen molar-refractivity contribution in [2.24, 2.45) is 0 Å². The summed E-state index contributed by atoms with van der Waals surface area (Å²) in [6.45, 7) is 3.14. The number of hydrogen-bond acceptors (Lipinski definition) is 3. The molecule has 0 aliphatic rings. The molecule has 100 valence electrons. The lowest BCUT2D eigenvalue weighted by atomic mass is 10.1. The van der Waals surface area contributed by atoms with Gasteiger partial charge in [-0.2, -0.15) is 0 Å². The summed E-state index contributed by atoms with van der Waals surface area (Å²) in [5, 5.41) is 12.4. The first-order chi connectivity index (χ1) is 9.18. The summed E-state index contributed by atoms with van der Waals surface area (Å²) in [7, 11) is 0. The lowest BCUT2D eigenvalue weighted by Gasteiger charge is -2.08. The number of carbonyl (C=O) groups is 1. The highest BCUT2D eigenvalue weighted by Crippen LogP contribution is 2.19. The van der Waals surface area contributed by atoms with Gasteiger partial charge in [0.05, 0.1) is 6.33 Å². The molecule has 2 rings (SSSR count). The molecule has 0 spiro atoms.